The number of aliphatic hydroxyl groups is 1. The quantitative estimate of drug-likeness (QED) is 0.828. The number of nitrogens with zero attached hydrogens (tertiary/aromatic N) is 2. The van der Waals surface area contributed by atoms with Gasteiger partial charge in [0.25, 0.3) is 0 Å². The predicted octanol–water partition coefficient (Wildman–Crippen LogP) is 2.76. The molecule has 5 heteroatoms. The summed E-state index contributed by atoms with van der Waals surface area (Å²) in [6.07, 6.45) is -0.963. The van der Waals surface area contributed by atoms with Gasteiger partial charge >= 0.3 is 6.09 Å². The van der Waals surface area contributed by atoms with Gasteiger partial charge in [0, 0.05) is 5.41 Å². The van der Waals surface area contributed by atoms with Crippen molar-refractivity contribution >= 4 is 11.8 Å². The van der Waals surface area contributed by atoms with Gasteiger partial charge in [-0.2, -0.15) is 0 Å². The highest BCUT2D eigenvalue weighted by atomic mass is 16.4. The van der Waals surface area contributed by atoms with E-state index in [2.05, 4.69) is 4.98 Å². The van der Waals surface area contributed by atoms with Crippen molar-refractivity contribution in [3.8, 4) is 0 Å². The second-order valence-electron chi connectivity index (χ2n) is 6.97. The number of aromatic nitrogens is 1. The molecule has 2 heterocycles. The zero-order valence-corrected chi connectivity index (χ0v) is 12.6. The van der Waals surface area contributed by atoms with Gasteiger partial charge in [-0.15, -0.1) is 0 Å². The number of rotatable bonds is 1. The Kier molecular flexibility index (Phi) is 3.29. The second-order valence-corrected chi connectivity index (χ2v) is 6.97. The van der Waals surface area contributed by atoms with E-state index in [1.807, 2.05) is 34.6 Å². The minimum Gasteiger partial charge on any atom is -0.465 e. The SMILES string of the molecule is CC(C)(C)C1N(C(=O)O)c2ccc(CO)nc2C1(C)C. The lowest BCUT2D eigenvalue weighted by atomic mass is 9.71. The van der Waals surface area contributed by atoms with Crippen LogP contribution in [-0.4, -0.2) is 27.3 Å². The smallest absolute Gasteiger partial charge is 0.412 e. The van der Waals surface area contributed by atoms with E-state index in [4.69, 9.17) is 0 Å². The molecule has 1 aromatic heterocycles. The van der Waals surface area contributed by atoms with Crippen molar-refractivity contribution in [3.63, 3.8) is 0 Å². The molecule has 1 atom stereocenters. The van der Waals surface area contributed by atoms with Gasteiger partial charge in [-0.25, -0.2) is 4.79 Å². The summed E-state index contributed by atoms with van der Waals surface area (Å²) in [6, 6.07) is 3.22. The third-order valence-corrected chi connectivity index (χ3v) is 3.93. The Balaban J connectivity index is 2.68. The van der Waals surface area contributed by atoms with Crippen molar-refractivity contribution in [2.75, 3.05) is 4.90 Å². The fraction of sp³-hybridized carbons (Fsp3) is 0.600. The van der Waals surface area contributed by atoms with Crippen LogP contribution in [0.15, 0.2) is 12.1 Å². The zero-order valence-electron chi connectivity index (χ0n) is 12.6. The van der Waals surface area contributed by atoms with E-state index in [1.165, 1.54) is 4.90 Å². The van der Waals surface area contributed by atoms with E-state index in [1.54, 1.807) is 12.1 Å². The fourth-order valence-corrected chi connectivity index (χ4v) is 3.52. The largest absolute Gasteiger partial charge is 0.465 e. The summed E-state index contributed by atoms with van der Waals surface area (Å²) in [5.41, 5.74) is 1.31. The minimum absolute atomic E-state index is 0.142. The highest BCUT2D eigenvalue weighted by molar-refractivity contribution is 5.90. The number of anilines is 1. The van der Waals surface area contributed by atoms with Crippen LogP contribution in [0, 0.1) is 5.41 Å². The number of hydrogen-bond acceptors (Lipinski definition) is 3. The highest BCUT2D eigenvalue weighted by Gasteiger charge is 2.53. The summed E-state index contributed by atoms with van der Waals surface area (Å²) < 4.78 is 0. The van der Waals surface area contributed by atoms with Crippen LogP contribution in [0.4, 0.5) is 10.5 Å². The van der Waals surface area contributed by atoms with Gasteiger partial charge in [-0.05, 0) is 17.5 Å². The number of aliphatic hydroxyl groups excluding tert-OH is 1. The zero-order chi connectivity index (χ0) is 15.3. The molecule has 1 unspecified atom stereocenters. The van der Waals surface area contributed by atoms with Crippen LogP contribution in [0.1, 0.15) is 46.0 Å². The van der Waals surface area contributed by atoms with E-state index in [0.29, 0.717) is 11.4 Å². The standard InChI is InChI=1S/C15H22N2O3/c1-14(2,3)12-15(4,5)11-10(17(12)13(19)20)7-6-9(8-18)16-11/h6-7,12,18H,8H2,1-5H3,(H,19,20). The molecule has 1 aliphatic rings. The molecule has 1 amide bonds. The number of amides is 1. The first kappa shape index (κ1) is 14.8. The van der Waals surface area contributed by atoms with Gasteiger partial charge in [-0.1, -0.05) is 34.6 Å². The lowest BCUT2D eigenvalue weighted by Crippen LogP contribution is -2.52. The molecule has 110 valence electrons. The van der Waals surface area contributed by atoms with E-state index < -0.39 is 11.5 Å². The molecule has 1 aromatic rings. The van der Waals surface area contributed by atoms with E-state index >= 15 is 0 Å². The Labute approximate surface area is 119 Å². The molecule has 0 fully saturated rings. The number of carboxylic acid groups (broad SMARTS) is 1. The summed E-state index contributed by atoms with van der Waals surface area (Å²) >= 11 is 0. The molecule has 0 spiro atoms. The first-order valence-corrected chi connectivity index (χ1v) is 6.74. The Morgan fingerprint density at radius 1 is 1.40 bits per heavy atom. The van der Waals surface area contributed by atoms with Crippen LogP contribution in [-0.2, 0) is 12.0 Å². The van der Waals surface area contributed by atoms with Gasteiger partial charge in [0.05, 0.1) is 29.7 Å². The lowest BCUT2D eigenvalue weighted by Gasteiger charge is -2.40. The maximum atomic E-state index is 11.7. The van der Waals surface area contributed by atoms with E-state index in [0.717, 1.165) is 5.69 Å². The molecular weight excluding hydrogens is 256 g/mol. The van der Waals surface area contributed by atoms with Crippen molar-refractivity contribution in [3.05, 3.63) is 23.5 Å². The number of pyridine rings is 1. The molecule has 1 aliphatic heterocycles. The van der Waals surface area contributed by atoms with Crippen LogP contribution >= 0.6 is 0 Å². The average molecular weight is 278 g/mol. The molecular formula is C15H22N2O3. The lowest BCUT2D eigenvalue weighted by molar-refractivity contribution is 0.176. The average Bonchev–Trinajstić information content (AvgIpc) is 2.57. The maximum Gasteiger partial charge on any atom is 0.412 e. The Bertz CT molecular complexity index is 547. The number of fused-ring (bicyclic) bond motifs is 1. The Morgan fingerprint density at radius 2 is 2.00 bits per heavy atom. The summed E-state index contributed by atoms with van der Waals surface area (Å²) in [5, 5.41) is 18.8. The number of hydrogen-bond donors (Lipinski definition) is 2. The fourth-order valence-electron chi connectivity index (χ4n) is 3.52. The molecule has 20 heavy (non-hydrogen) atoms. The third kappa shape index (κ3) is 2.06. The molecule has 0 aromatic carbocycles. The molecule has 0 aliphatic carbocycles. The maximum absolute atomic E-state index is 11.7. The molecule has 0 saturated carbocycles. The molecule has 2 N–H and O–H groups in total. The molecule has 5 nitrogen and oxygen atoms in total. The summed E-state index contributed by atoms with van der Waals surface area (Å²) in [6.45, 7) is 9.99. The van der Waals surface area contributed by atoms with Crippen molar-refractivity contribution in [1.82, 2.24) is 4.98 Å². The molecule has 0 radical (unpaired) electrons. The van der Waals surface area contributed by atoms with Gasteiger partial charge in [0.1, 0.15) is 0 Å². The highest BCUT2D eigenvalue weighted by Crippen LogP contribution is 2.50. The topological polar surface area (TPSA) is 73.7 Å². The minimum atomic E-state index is -0.963. The van der Waals surface area contributed by atoms with E-state index in [9.17, 15) is 15.0 Å². The van der Waals surface area contributed by atoms with Crippen molar-refractivity contribution in [1.29, 1.82) is 0 Å². The second kappa shape index (κ2) is 4.45. The number of carbonyl (C=O) groups is 1. The van der Waals surface area contributed by atoms with Crippen LogP contribution in [0.2, 0.25) is 0 Å². The van der Waals surface area contributed by atoms with Crippen molar-refractivity contribution < 1.29 is 15.0 Å². The Morgan fingerprint density at radius 3 is 2.45 bits per heavy atom. The van der Waals surface area contributed by atoms with Crippen LogP contribution < -0.4 is 4.90 Å². The summed E-state index contributed by atoms with van der Waals surface area (Å²) in [5.74, 6) is 0. The Hall–Kier alpha value is -1.62. The van der Waals surface area contributed by atoms with Gasteiger partial charge in [0.15, 0.2) is 0 Å². The summed E-state index contributed by atoms with van der Waals surface area (Å²) in [7, 11) is 0. The molecule has 0 saturated heterocycles. The van der Waals surface area contributed by atoms with Crippen molar-refractivity contribution in [2.24, 2.45) is 5.41 Å². The molecule has 0 bridgehead atoms. The van der Waals surface area contributed by atoms with Crippen LogP contribution in [0.3, 0.4) is 0 Å². The van der Waals surface area contributed by atoms with Gasteiger partial charge in [-0.3, -0.25) is 9.88 Å². The predicted molar refractivity (Wildman–Crippen MR) is 76.9 cm³/mol. The molecule has 2 rings (SSSR count). The first-order valence-electron chi connectivity index (χ1n) is 6.74. The van der Waals surface area contributed by atoms with Gasteiger partial charge < -0.3 is 10.2 Å². The third-order valence-electron chi connectivity index (χ3n) is 3.93. The monoisotopic (exact) mass is 278 g/mol. The van der Waals surface area contributed by atoms with Crippen molar-refractivity contribution in [2.45, 2.75) is 52.7 Å². The normalized spacial score (nSPS) is 20.9. The van der Waals surface area contributed by atoms with Crippen LogP contribution in [0.5, 0.6) is 0 Å². The summed E-state index contributed by atoms with van der Waals surface area (Å²) in [4.78, 5) is 17.6. The van der Waals surface area contributed by atoms with Crippen LogP contribution in [0.25, 0.3) is 0 Å². The van der Waals surface area contributed by atoms with E-state index in [-0.39, 0.29) is 18.1 Å². The first-order chi connectivity index (χ1) is 9.10. The van der Waals surface area contributed by atoms with Gasteiger partial charge in [0.2, 0.25) is 0 Å².